The Morgan fingerprint density at radius 1 is 1.14 bits per heavy atom. The number of piperazine rings is 1. The minimum Gasteiger partial charge on any atom is -0.504 e. The summed E-state index contributed by atoms with van der Waals surface area (Å²) in [6.07, 6.45) is 0.979. The fourth-order valence-electron chi connectivity index (χ4n) is 4.53. The van der Waals surface area contributed by atoms with Crippen molar-refractivity contribution in [3.63, 3.8) is 0 Å². The van der Waals surface area contributed by atoms with Gasteiger partial charge in [0.15, 0.2) is 5.76 Å². The normalized spacial score (nSPS) is 17.2. The Morgan fingerprint density at radius 3 is 2.54 bits per heavy atom. The smallest absolute Gasteiger partial charge is 0.260 e. The van der Waals surface area contributed by atoms with Gasteiger partial charge in [0.2, 0.25) is 5.76 Å². The highest BCUT2D eigenvalue weighted by molar-refractivity contribution is 6.38. The number of ether oxygens (including phenoxy) is 1. The topological polar surface area (TPSA) is 91.1 Å². The molecule has 0 unspecified atom stereocenters. The van der Waals surface area contributed by atoms with E-state index in [1.807, 2.05) is 24.3 Å². The molecule has 2 N–H and O–H groups in total. The molecule has 0 saturated carbocycles. The Morgan fingerprint density at radius 2 is 1.86 bits per heavy atom. The number of fused-ring (bicyclic) bond motifs is 1. The number of benzene rings is 2. The quantitative estimate of drug-likeness (QED) is 0.242. The molecule has 3 aromatic rings. The highest BCUT2D eigenvalue weighted by atomic mass is 35.5. The van der Waals surface area contributed by atoms with Crippen LogP contribution in [0.1, 0.15) is 23.4 Å². The first-order valence-electron chi connectivity index (χ1n) is 12.1. The summed E-state index contributed by atoms with van der Waals surface area (Å²) in [6, 6.07) is 12.8. The number of nitrogens with zero attached hydrogens (tertiary/aromatic N) is 3. The third kappa shape index (κ3) is 5.93. The predicted octanol–water partition coefficient (Wildman–Crippen LogP) is 5.12. The molecule has 0 radical (unpaired) electrons. The highest BCUT2D eigenvalue weighted by Gasteiger charge is 2.31. The van der Waals surface area contributed by atoms with Gasteiger partial charge < -0.3 is 29.5 Å². The molecule has 2 aliphatic heterocycles. The maximum atomic E-state index is 12.6. The van der Waals surface area contributed by atoms with Crippen molar-refractivity contribution in [3.8, 4) is 16.9 Å². The monoisotopic (exact) mass is 544 g/mol. The minimum absolute atomic E-state index is 0. The molecule has 10 heteroatoms. The molecule has 5 rings (SSSR count). The maximum absolute atomic E-state index is 12.6. The van der Waals surface area contributed by atoms with E-state index in [2.05, 4.69) is 27.3 Å². The zero-order valence-corrected chi connectivity index (χ0v) is 22.4. The van der Waals surface area contributed by atoms with Crippen LogP contribution in [-0.4, -0.2) is 72.3 Å². The first-order valence-corrected chi connectivity index (χ1v) is 12.4. The summed E-state index contributed by atoms with van der Waals surface area (Å²) >= 11 is 6.57. The number of anilines is 1. The third-order valence-corrected chi connectivity index (χ3v) is 6.91. The number of halogens is 2. The lowest BCUT2D eigenvalue weighted by Gasteiger charge is -2.32. The fourth-order valence-corrected chi connectivity index (χ4v) is 4.80. The van der Waals surface area contributed by atoms with E-state index in [9.17, 15) is 9.90 Å². The Hall–Kier alpha value is -3.04. The molecule has 0 atom stereocenters. The van der Waals surface area contributed by atoms with Crippen molar-refractivity contribution in [2.24, 2.45) is 0 Å². The predicted molar refractivity (Wildman–Crippen MR) is 147 cm³/mol. The number of aromatic nitrogens is 1. The van der Waals surface area contributed by atoms with Crippen molar-refractivity contribution in [3.05, 3.63) is 64.5 Å². The largest absolute Gasteiger partial charge is 0.504 e. The highest BCUT2D eigenvalue weighted by Crippen LogP contribution is 2.42. The standard InChI is InChI=1S/C27H29ClN4O4.ClH/c1-17-14-24(36-30-17)26(33)25-21-15-20(22(28)16-23(21)29-27(25)34)18-4-6-19(7-5-18)35-13-3-8-32-11-9-31(2)10-12-32;/h4-7,14-16,33H,3,8-13H2,1-2H3,(H,29,34);1H. The zero-order chi connectivity index (χ0) is 25.2. The van der Waals surface area contributed by atoms with Crippen LogP contribution < -0.4 is 10.1 Å². The summed E-state index contributed by atoms with van der Waals surface area (Å²) in [5.74, 6) is 0.242. The van der Waals surface area contributed by atoms with Crippen LogP contribution in [0.3, 0.4) is 0 Å². The second-order valence-electron chi connectivity index (χ2n) is 9.26. The van der Waals surface area contributed by atoms with Gasteiger partial charge >= 0.3 is 0 Å². The number of hydrogen-bond donors (Lipinski definition) is 2. The summed E-state index contributed by atoms with van der Waals surface area (Å²) in [7, 11) is 2.16. The van der Waals surface area contributed by atoms with Crippen molar-refractivity contribution in [2.75, 3.05) is 51.7 Å². The average Bonchev–Trinajstić information content (AvgIpc) is 3.44. The van der Waals surface area contributed by atoms with Crippen LogP contribution in [0.4, 0.5) is 5.69 Å². The Bertz CT molecular complexity index is 1300. The molecule has 1 aromatic heterocycles. The molecule has 3 heterocycles. The number of aliphatic hydroxyl groups is 1. The van der Waals surface area contributed by atoms with Crippen LogP contribution >= 0.6 is 24.0 Å². The number of carbonyl (C=O) groups excluding carboxylic acids is 1. The van der Waals surface area contributed by atoms with Gasteiger partial charge in [-0.3, -0.25) is 4.79 Å². The van der Waals surface area contributed by atoms with Crippen molar-refractivity contribution in [1.82, 2.24) is 15.0 Å². The van der Waals surface area contributed by atoms with Gasteiger partial charge in [-0.2, -0.15) is 0 Å². The average molecular weight is 545 g/mol. The third-order valence-electron chi connectivity index (χ3n) is 6.60. The minimum atomic E-state index is -0.426. The Balaban J connectivity index is 0.00000320. The number of rotatable bonds is 7. The first-order chi connectivity index (χ1) is 17.4. The van der Waals surface area contributed by atoms with Crippen molar-refractivity contribution < 1.29 is 19.2 Å². The molecule has 0 bridgehead atoms. The van der Waals surface area contributed by atoms with Crippen LogP contribution in [0.15, 0.2) is 47.0 Å². The summed E-state index contributed by atoms with van der Waals surface area (Å²) in [5.41, 5.74) is 3.43. The van der Waals surface area contributed by atoms with Gasteiger partial charge in [0.25, 0.3) is 5.91 Å². The van der Waals surface area contributed by atoms with E-state index in [1.165, 1.54) is 0 Å². The Kier molecular flexibility index (Phi) is 8.44. The molecule has 1 saturated heterocycles. The molecule has 0 spiro atoms. The molecule has 2 aromatic carbocycles. The zero-order valence-electron chi connectivity index (χ0n) is 20.8. The Labute approximate surface area is 227 Å². The summed E-state index contributed by atoms with van der Waals surface area (Å²) in [6.45, 7) is 7.91. The number of aryl methyl sites for hydroxylation is 1. The lowest BCUT2D eigenvalue weighted by molar-refractivity contribution is -0.110. The van der Waals surface area contributed by atoms with Gasteiger partial charge in [-0.25, -0.2) is 0 Å². The van der Waals surface area contributed by atoms with Crippen molar-refractivity contribution in [2.45, 2.75) is 13.3 Å². The number of likely N-dealkylation sites (N-methyl/N-ethyl adjacent to an activating group) is 1. The van der Waals surface area contributed by atoms with Crippen LogP contribution in [0.5, 0.6) is 5.75 Å². The molecule has 37 heavy (non-hydrogen) atoms. The summed E-state index contributed by atoms with van der Waals surface area (Å²) < 4.78 is 11.1. The maximum Gasteiger partial charge on any atom is 0.260 e. The van der Waals surface area contributed by atoms with E-state index in [4.69, 9.17) is 20.9 Å². The van der Waals surface area contributed by atoms with E-state index < -0.39 is 5.91 Å². The molecule has 196 valence electrons. The van der Waals surface area contributed by atoms with Gasteiger partial charge in [-0.05, 0) is 50.2 Å². The number of aliphatic hydroxyl groups excluding tert-OH is 1. The lowest BCUT2D eigenvalue weighted by atomic mass is 9.98. The van der Waals surface area contributed by atoms with E-state index in [-0.39, 0.29) is 29.5 Å². The molecule has 0 aliphatic carbocycles. The number of carbonyl (C=O) groups is 1. The molecule has 1 fully saturated rings. The van der Waals surface area contributed by atoms with E-state index in [0.717, 1.165) is 56.0 Å². The van der Waals surface area contributed by atoms with Gasteiger partial charge in [0.05, 0.1) is 28.6 Å². The van der Waals surface area contributed by atoms with Crippen molar-refractivity contribution >= 4 is 46.9 Å². The van der Waals surface area contributed by atoms with E-state index in [0.29, 0.717) is 28.6 Å². The van der Waals surface area contributed by atoms with Crippen LogP contribution in [0.2, 0.25) is 5.02 Å². The van der Waals surface area contributed by atoms with Crippen LogP contribution in [0.25, 0.3) is 22.5 Å². The van der Waals surface area contributed by atoms with E-state index in [1.54, 1.807) is 25.1 Å². The molecule has 8 nitrogen and oxygen atoms in total. The SMILES string of the molecule is Cc1cc(C(O)=C2C(=O)Nc3cc(Cl)c(-c4ccc(OCCCN5CCN(C)CC5)cc4)cc32)on1.Cl. The molecular formula is C27H30Cl2N4O4. The second kappa shape index (κ2) is 11.6. The molecule has 2 aliphatic rings. The lowest BCUT2D eigenvalue weighted by Crippen LogP contribution is -2.44. The fraction of sp³-hybridized carbons (Fsp3) is 0.333. The second-order valence-corrected chi connectivity index (χ2v) is 9.67. The number of nitrogens with one attached hydrogen (secondary N) is 1. The molecule has 1 amide bonds. The number of hydrogen-bond acceptors (Lipinski definition) is 7. The van der Waals surface area contributed by atoms with E-state index >= 15 is 0 Å². The van der Waals surface area contributed by atoms with Gasteiger partial charge in [-0.1, -0.05) is 28.9 Å². The summed E-state index contributed by atoms with van der Waals surface area (Å²) in [4.78, 5) is 17.5. The van der Waals surface area contributed by atoms with Gasteiger partial charge in [0, 0.05) is 49.9 Å². The summed E-state index contributed by atoms with van der Waals surface area (Å²) in [5, 5.41) is 17.8. The molecular weight excluding hydrogens is 515 g/mol. The van der Waals surface area contributed by atoms with Crippen LogP contribution in [0, 0.1) is 6.92 Å². The van der Waals surface area contributed by atoms with Gasteiger partial charge in [0.1, 0.15) is 5.75 Å². The van der Waals surface area contributed by atoms with Crippen molar-refractivity contribution in [1.29, 1.82) is 0 Å². The number of amides is 1. The van der Waals surface area contributed by atoms with Gasteiger partial charge in [-0.15, -0.1) is 12.4 Å². The van der Waals surface area contributed by atoms with Crippen LogP contribution in [-0.2, 0) is 4.79 Å². The first kappa shape index (κ1) is 27.0.